The van der Waals surface area contributed by atoms with Crippen LogP contribution in [0.4, 0.5) is 0 Å². The number of hydrogen-bond donors (Lipinski definition) is 2. The number of fused-ring (bicyclic) bond motifs is 2. The Labute approximate surface area is 148 Å². The number of aromatic nitrogens is 2. The minimum Gasteiger partial charge on any atom is -0.355 e. The Balaban J connectivity index is 1.40. The second kappa shape index (κ2) is 7.00. The topological polar surface area (TPSA) is 59.0 Å². The Hall–Kier alpha value is -2.14. The number of carbonyl (C=O) groups excluding carboxylic acids is 1. The Morgan fingerprint density at radius 1 is 1.32 bits per heavy atom. The molecule has 2 aliphatic heterocycles. The first-order chi connectivity index (χ1) is 12.3. The molecule has 5 heteroatoms. The predicted octanol–water partition coefficient (Wildman–Crippen LogP) is 2.14. The minimum atomic E-state index is -0.292. The largest absolute Gasteiger partial charge is 0.355 e. The van der Waals surface area contributed by atoms with E-state index in [1.165, 1.54) is 12.0 Å². The Morgan fingerprint density at radius 2 is 2.20 bits per heavy atom. The molecule has 0 unspecified atom stereocenters. The summed E-state index contributed by atoms with van der Waals surface area (Å²) in [5.74, 6) is 0.224. The van der Waals surface area contributed by atoms with E-state index in [2.05, 4.69) is 39.9 Å². The van der Waals surface area contributed by atoms with Gasteiger partial charge < -0.3 is 15.2 Å². The van der Waals surface area contributed by atoms with Gasteiger partial charge in [-0.1, -0.05) is 30.3 Å². The molecule has 4 rings (SSSR count). The number of aryl methyl sites for hydroxylation is 1. The van der Waals surface area contributed by atoms with Crippen LogP contribution in [-0.4, -0.2) is 34.1 Å². The molecule has 1 aromatic carbocycles. The fourth-order valence-corrected chi connectivity index (χ4v) is 4.54. The Kier molecular flexibility index (Phi) is 4.57. The van der Waals surface area contributed by atoms with Gasteiger partial charge in [0.1, 0.15) is 0 Å². The van der Waals surface area contributed by atoms with E-state index >= 15 is 0 Å². The third kappa shape index (κ3) is 3.33. The van der Waals surface area contributed by atoms with Crippen molar-refractivity contribution in [3.8, 4) is 0 Å². The highest BCUT2D eigenvalue weighted by Crippen LogP contribution is 2.45. The van der Waals surface area contributed by atoms with Crippen molar-refractivity contribution in [3.63, 3.8) is 0 Å². The summed E-state index contributed by atoms with van der Waals surface area (Å²) in [4.78, 5) is 17.2. The van der Waals surface area contributed by atoms with E-state index < -0.39 is 0 Å². The van der Waals surface area contributed by atoms with Gasteiger partial charge in [-0.15, -0.1) is 0 Å². The summed E-state index contributed by atoms with van der Waals surface area (Å²) in [6.07, 6.45) is 10.6. The average molecular weight is 338 g/mol. The van der Waals surface area contributed by atoms with Crippen LogP contribution >= 0.6 is 0 Å². The molecule has 2 aliphatic rings. The van der Waals surface area contributed by atoms with Gasteiger partial charge in [-0.25, -0.2) is 4.98 Å². The zero-order chi connectivity index (χ0) is 17.1. The molecule has 2 aromatic rings. The molecule has 2 saturated heterocycles. The number of amides is 1. The first kappa shape index (κ1) is 16.3. The highest BCUT2D eigenvalue weighted by atomic mass is 16.2. The third-order valence-corrected chi connectivity index (χ3v) is 5.77. The maximum Gasteiger partial charge on any atom is 0.228 e. The monoisotopic (exact) mass is 338 g/mol. The van der Waals surface area contributed by atoms with E-state index in [4.69, 9.17) is 0 Å². The molecular weight excluding hydrogens is 312 g/mol. The molecule has 5 nitrogen and oxygen atoms in total. The van der Waals surface area contributed by atoms with Gasteiger partial charge in [0.2, 0.25) is 5.91 Å². The molecule has 132 valence electrons. The van der Waals surface area contributed by atoms with Crippen LogP contribution in [0.5, 0.6) is 0 Å². The van der Waals surface area contributed by atoms with Crippen LogP contribution in [0.15, 0.2) is 49.1 Å². The van der Waals surface area contributed by atoms with Gasteiger partial charge >= 0.3 is 0 Å². The van der Waals surface area contributed by atoms with Gasteiger partial charge in [-0.05, 0) is 37.7 Å². The second-order valence-electron chi connectivity index (χ2n) is 7.43. The summed E-state index contributed by atoms with van der Waals surface area (Å²) in [5, 5.41) is 6.88. The van der Waals surface area contributed by atoms with Gasteiger partial charge in [-0.2, -0.15) is 0 Å². The van der Waals surface area contributed by atoms with E-state index in [1.54, 1.807) is 6.20 Å². The average Bonchev–Trinajstić information content (AvgIpc) is 3.37. The number of hydrogen-bond acceptors (Lipinski definition) is 3. The molecule has 25 heavy (non-hydrogen) atoms. The zero-order valence-corrected chi connectivity index (χ0v) is 14.5. The first-order valence-corrected chi connectivity index (χ1v) is 9.30. The van der Waals surface area contributed by atoms with Crippen molar-refractivity contribution >= 4 is 5.91 Å². The fourth-order valence-electron chi connectivity index (χ4n) is 4.54. The number of nitrogens with one attached hydrogen (secondary N) is 2. The van der Waals surface area contributed by atoms with Crippen LogP contribution in [0.25, 0.3) is 0 Å². The summed E-state index contributed by atoms with van der Waals surface area (Å²) in [7, 11) is 0. The lowest BCUT2D eigenvalue weighted by atomic mass is 9.69. The lowest BCUT2D eigenvalue weighted by molar-refractivity contribution is -0.132. The molecule has 0 saturated carbocycles. The van der Waals surface area contributed by atoms with Crippen molar-refractivity contribution in [2.75, 3.05) is 6.54 Å². The number of nitrogens with zero attached hydrogens (tertiary/aromatic N) is 2. The summed E-state index contributed by atoms with van der Waals surface area (Å²) in [6, 6.07) is 11.3. The van der Waals surface area contributed by atoms with Crippen molar-refractivity contribution in [1.29, 1.82) is 0 Å². The van der Waals surface area contributed by atoms with Crippen molar-refractivity contribution in [2.24, 2.45) is 5.41 Å². The molecular formula is C20H26N4O. The van der Waals surface area contributed by atoms with Gasteiger partial charge in [0.25, 0.3) is 0 Å². The minimum absolute atomic E-state index is 0.224. The second-order valence-corrected chi connectivity index (χ2v) is 7.43. The zero-order valence-electron chi connectivity index (χ0n) is 14.5. The number of benzene rings is 1. The number of imidazole rings is 1. The quantitative estimate of drug-likeness (QED) is 0.761. The molecule has 0 aliphatic carbocycles. The van der Waals surface area contributed by atoms with Crippen LogP contribution in [0.1, 0.15) is 31.2 Å². The van der Waals surface area contributed by atoms with Crippen molar-refractivity contribution < 1.29 is 4.79 Å². The molecule has 2 N–H and O–H groups in total. The van der Waals surface area contributed by atoms with E-state index in [9.17, 15) is 4.79 Å². The van der Waals surface area contributed by atoms with Crippen LogP contribution in [-0.2, 0) is 17.8 Å². The van der Waals surface area contributed by atoms with Crippen LogP contribution < -0.4 is 10.6 Å². The normalized spacial score (nSPS) is 27.5. The molecule has 3 atom stereocenters. The van der Waals surface area contributed by atoms with Crippen LogP contribution in [0.3, 0.4) is 0 Å². The van der Waals surface area contributed by atoms with E-state index in [0.717, 1.165) is 32.2 Å². The Morgan fingerprint density at radius 3 is 2.88 bits per heavy atom. The standard InChI is InChI=1S/C20H26N4O/c25-19(22-9-4-11-24-12-10-21-15-24)20(13-16-5-2-1-3-6-16)14-17-7-8-18(20)23-17/h1-3,5-6,10,12,15,17-18,23H,4,7-9,11,13-14H2,(H,22,25)/t17-,18+,20+/m0/s1. The van der Waals surface area contributed by atoms with E-state index in [1.807, 2.05) is 23.2 Å². The maximum absolute atomic E-state index is 13.2. The van der Waals surface area contributed by atoms with Crippen molar-refractivity contribution in [3.05, 3.63) is 54.6 Å². The summed E-state index contributed by atoms with van der Waals surface area (Å²) in [6.45, 7) is 1.60. The van der Waals surface area contributed by atoms with Crippen LogP contribution in [0, 0.1) is 5.41 Å². The van der Waals surface area contributed by atoms with Gasteiger partial charge in [0, 0.05) is 37.6 Å². The third-order valence-electron chi connectivity index (χ3n) is 5.77. The molecule has 2 fully saturated rings. The molecule has 1 amide bonds. The van der Waals surface area contributed by atoms with Gasteiger partial charge in [0.15, 0.2) is 0 Å². The molecule has 3 heterocycles. The highest BCUT2D eigenvalue weighted by Gasteiger charge is 2.55. The Bertz CT molecular complexity index is 700. The van der Waals surface area contributed by atoms with Crippen LogP contribution in [0.2, 0.25) is 0 Å². The molecule has 1 aromatic heterocycles. The predicted molar refractivity (Wildman–Crippen MR) is 97.0 cm³/mol. The smallest absolute Gasteiger partial charge is 0.228 e. The van der Waals surface area contributed by atoms with Crippen molar-refractivity contribution in [2.45, 2.75) is 50.7 Å². The maximum atomic E-state index is 13.2. The number of carbonyl (C=O) groups is 1. The number of rotatable bonds is 7. The summed E-state index contributed by atoms with van der Waals surface area (Å²) < 4.78 is 2.05. The highest BCUT2D eigenvalue weighted by molar-refractivity contribution is 5.84. The molecule has 2 bridgehead atoms. The van der Waals surface area contributed by atoms with Gasteiger partial charge in [0.05, 0.1) is 11.7 Å². The van der Waals surface area contributed by atoms with Gasteiger partial charge in [-0.3, -0.25) is 4.79 Å². The first-order valence-electron chi connectivity index (χ1n) is 9.30. The summed E-state index contributed by atoms with van der Waals surface area (Å²) >= 11 is 0. The SMILES string of the molecule is O=C(NCCCn1ccnc1)[C@]1(Cc2ccccc2)C[C@@H]2CC[C@H]1N2. The summed E-state index contributed by atoms with van der Waals surface area (Å²) in [5.41, 5.74) is 0.963. The van der Waals surface area contributed by atoms with E-state index in [0.29, 0.717) is 18.6 Å². The molecule has 0 spiro atoms. The van der Waals surface area contributed by atoms with E-state index in [-0.39, 0.29) is 11.3 Å². The lowest BCUT2D eigenvalue weighted by Gasteiger charge is -2.35. The lowest BCUT2D eigenvalue weighted by Crippen LogP contribution is -2.50. The molecule has 0 radical (unpaired) electrons. The van der Waals surface area contributed by atoms with Crippen molar-refractivity contribution in [1.82, 2.24) is 20.2 Å². The fraction of sp³-hybridized carbons (Fsp3) is 0.500.